The zero-order valence-corrected chi connectivity index (χ0v) is 41.2. The van der Waals surface area contributed by atoms with Crippen LogP contribution in [0.4, 0.5) is 0 Å². The summed E-state index contributed by atoms with van der Waals surface area (Å²) in [5.41, 5.74) is 16.7. The van der Waals surface area contributed by atoms with Crippen LogP contribution in [-0.2, 0) is 59.2 Å². The number of phenols is 1. The number of nitrogens with two attached hydrogens (primary N) is 3. The van der Waals surface area contributed by atoms with Crippen molar-refractivity contribution in [2.24, 2.45) is 35.0 Å². The smallest absolute Gasteiger partial charge is 0.326 e. The van der Waals surface area contributed by atoms with E-state index in [0.717, 1.165) is 0 Å². The quantitative estimate of drug-likeness (QED) is 0.0358. The number of carbonyl (C=O) groups is 11. The molecule has 0 radical (unpaired) electrons. The Labute approximate surface area is 412 Å². The Hall–Kier alpha value is -6.89. The summed E-state index contributed by atoms with van der Waals surface area (Å²) in [6, 6.07) is -5.02. The van der Waals surface area contributed by atoms with Crippen molar-refractivity contribution in [3.05, 3.63) is 29.8 Å². The highest BCUT2D eigenvalue weighted by molar-refractivity contribution is 5.98. The fourth-order valence-electron chi connectivity index (χ4n) is 7.58. The summed E-state index contributed by atoms with van der Waals surface area (Å²) in [6.07, 6.45) is 0.200. The van der Waals surface area contributed by atoms with Crippen LogP contribution in [0.15, 0.2) is 24.3 Å². The van der Waals surface area contributed by atoms with Gasteiger partial charge in [0, 0.05) is 19.4 Å². The third-order valence-corrected chi connectivity index (χ3v) is 12.1. The van der Waals surface area contributed by atoms with E-state index in [-0.39, 0.29) is 50.3 Å². The van der Waals surface area contributed by atoms with E-state index < -0.39 is 145 Å². The molecule has 1 aliphatic rings. The lowest BCUT2D eigenvalue weighted by molar-refractivity contribution is -0.142. The Bertz CT molecular complexity index is 2060. The number of aromatic hydroxyl groups is 1. The first-order valence-electron chi connectivity index (χ1n) is 23.7. The number of phenolic OH excluding ortho intramolecular Hbond substituents is 1. The maximum atomic E-state index is 13.9. The lowest BCUT2D eigenvalue weighted by atomic mass is 9.94. The lowest BCUT2D eigenvalue weighted by Crippen LogP contribution is -2.61. The standard InChI is InChI=1S/C46H73N11O14/c1-7-24(5)37(56-44(68)38(25(6)8-2)55-42(66)33-10-9-17-57(33)45(69)28(47)20-35(49)61)43(67)54-32(22-58)39(63)50-21-36(62)51-30(18-23(3)4)40(64)53-31(19-26-11-13-27(59)14-12-26)41(65)52-29(46(70)71)15-16-34(48)60/h11-14,23-25,28-33,37-38,58-59H,7-10,15-22,47H2,1-6H3,(H2,48,60)(H2,49,61)(H,50,63)(H,51,62)(H,52,65)(H,53,64)(H,54,67)(H,55,66)(H,56,68)(H,70,71)/t24-,25-,28-,29-,30-,31-,32-,33-,37-,38-/m0/s1. The van der Waals surface area contributed by atoms with Gasteiger partial charge in [0.1, 0.15) is 48.0 Å². The molecule has 1 heterocycles. The largest absolute Gasteiger partial charge is 0.508 e. The van der Waals surface area contributed by atoms with E-state index in [1.54, 1.807) is 41.5 Å². The van der Waals surface area contributed by atoms with Gasteiger partial charge in [0.05, 0.1) is 25.6 Å². The average molecular weight is 1000 g/mol. The van der Waals surface area contributed by atoms with E-state index in [9.17, 15) is 68.1 Å². The molecular weight excluding hydrogens is 931 g/mol. The predicted molar refractivity (Wildman–Crippen MR) is 254 cm³/mol. The van der Waals surface area contributed by atoms with E-state index >= 15 is 0 Å². The normalized spacial score (nSPS) is 17.1. The summed E-state index contributed by atoms with van der Waals surface area (Å²) in [5.74, 6) is -11.0. The monoisotopic (exact) mass is 1000 g/mol. The van der Waals surface area contributed by atoms with Crippen LogP contribution in [0.3, 0.4) is 0 Å². The average Bonchev–Trinajstić information content (AvgIpc) is 3.81. The molecule has 1 aliphatic heterocycles. The van der Waals surface area contributed by atoms with Gasteiger partial charge in [-0.3, -0.25) is 47.9 Å². The molecule has 10 atom stereocenters. The first-order valence-corrected chi connectivity index (χ1v) is 23.7. The van der Waals surface area contributed by atoms with Gasteiger partial charge in [-0.15, -0.1) is 0 Å². The third-order valence-electron chi connectivity index (χ3n) is 12.1. The third kappa shape index (κ3) is 19.8. The number of hydrogen-bond donors (Lipinski definition) is 13. The van der Waals surface area contributed by atoms with Gasteiger partial charge in [-0.2, -0.15) is 0 Å². The van der Waals surface area contributed by atoms with Crippen molar-refractivity contribution in [3.63, 3.8) is 0 Å². The molecule has 25 heteroatoms. The number of benzene rings is 1. The molecule has 0 aromatic heterocycles. The summed E-state index contributed by atoms with van der Waals surface area (Å²) in [5, 5.41) is 47.0. The minimum atomic E-state index is -1.64. The Morgan fingerprint density at radius 2 is 1.25 bits per heavy atom. The van der Waals surface area contributed by atoms with Gasteiger partial charge in [-0.05, 0) is 61.1 Å². The maximum absolute atomic E-state index is 13.9. The van der Waals surface area contributed by atoms with Crippen molar-refractivity contribution in [1.82, 2.24) is 42.1 Å². The van der Waals surface area contributed by atoms with E-state index in [1.807, 2.05) is 0 Å². The number of amides is 10. The molecule has 1 fully saturated rings. The molecule has 71 heavy (non-hydrogen) atoms. The molecule has 25 nitrogen and oxygen atoms in total. The minimum absolute atomic E-state index is 0.0286. The Balaban J connectivity index is 2.20. The first kappa shape index (κ1) is 60.2. The molecule has 16 N–H and O–H groups in total. The second-order valence-electron chi connectivity index (χ2n) is 18.3. The zero-order valence-electron chi connectivity index (χ0n) is 41.2. The van der Waals surface area contributed by atoms with Crippen LogP contribution >= 0.6 is 0 Å². The highest BCUT2D eigenvalue weighted by Crippen LogP contribution is 2.21. The van der Waals surface area contributed by atoms with Gasteiger partial charge in [0.25, 0.3) is 0 Å². The van der Waals surface area contributed by atoms with Crippen molar-refractivity contribution in [2.75, 3.05) is 19.7 Å². The number of carboxylic acids is 1. The summed E-state index contributed by atoms with van der Waals surface area (Å²) in [6.45, 7) is 8.87. The molecule has 0 aliphatic carbocycles. The maximum Gasteiger partial charge on any atom is 0.326 e. The highest BCUT2D eigenvalue weighted by Gasteiger charge is 2.40. The topological polar surface area (TPSA) is 414 Å². The van der Waals surface area contributed by atoms with Gasteiger partial charge < -0.3 is 74.6 Å². The van der Waals surface area contributed by atoms with Crippen LogP contribution < -0.4 is 54.4 Å². The SMILES string of the molecule is CC[C@H](C)[C@H](NC(=O)[C@@H](NC(=O)[C@@H]1CCCN1C(=O)[C@@H](N)CC(N)=O)[C@@H](C)CC)C(=O)N[C@@H](CO)C(=O)NCC(=O)N[C@@H](CC(C)C)C(=O)N[C@@H](Cc1ccc(O)cc1)C(=O)N[C@@H](CCC(N)=O)C(=O)O. The van der Waals surface area contributed by atoms with Gasteiger partial charge in [0.2, 0.25) is 59.1 Å². The fourth-order valence-corrected chi connectivity index (χ4v) is 7.58. The van der Waals surface area contributed by atoms with Gasteiger partial charge >= 0.3 is 5.97 Å². The highest BCUT2D eigenvalue weighted by atomic mass is 16.4. The number of primary amides is 2. The molecule has 10 amide bonds. The van der Waals surface area contributed by atoms with Crippen molar-refractivity contribution >= 4 is 65.0 Å². The van der Waals surface area contributed by atoms with E-state index in [1.165, 1.54) is 29.2 Å². The number of aliphatic carboxylic acids is 1. The molecule has 396 valence electrons. The summed E-state index contributed by atoms with van der Waals surface area (Å²) in [4.78, 5) is 144. The molecule has 1 aromatic rings. The molecule has 0 unspecified atom stereocenters. The Morgan fingerprint density at radius 1 is 0.704 bits per heavy atom. The zero-order chi connectivity index (χ0) is 53.7. The van der Waals surface area contributed by atoms with Crippen molar-refractivity contribution in [1.29, 1.82) is 0 Å². The van der Waals surface area contributed by atoms with Crippen molar-refractivity contribution < 1.29 is 68.1 Å². The van der Waals surface area contributed by atoms with Crippen LogP contribution in [0.2, 0.25) is 0 Å². The number of carbonyl (C=O) groups excluding carboxylic acids is 10. The molecular formula is C46H73N11O14. The number of rotatable bonds is 30. The summed E-state index contributed by atoms with van der Waals surface area (Å²) < 4.78 is 0. The number of carboxylic acid groups (broad SMARTS) is 1. The second kappa shape index (κ2) is 29.3. The van der Waals surface area contributed by atoms with Crippen LogP contribution in [0, 0.1) is 17.8 Å². The summed E-state index contributed by atoms with van der Waals surface area (Å²) >= 11 is 0. The molecule has 1 saturated heterocycles. The number of nitrogens with one attached hydrogen (secondary N) is 7. The first-order chi connectivity index (χ1) is 33.3. The second-order valence-corrected chi connectivity index (χ2v) is 18.3. The van der Waals surface area contributed by atoms with Crippen LogP contribution in [0.25, 0.3) is 0 Å². The number of aliphatic hydroxyl groups is 1. The van der Waals surface area contributed by atoms with Crippen LogP contribution in [-0.4, -0.2) is 153 Å². The number of hydrogen-bond acceptors (Lipinski definition) is 14. The molecule has 0 spiro atoms. The molecule has 0 bridgehead atoms. The van der Waals surface area contributed by atoms with Crippen molar-refractivity contribution in [2.45, 2.75) is 148 Å². The number of nitrogens with zero attached hydrogens (tertiary/aromatic N) is 1. The van der Waals surface area contributed by atoms with E-state index in [2.05, 4.69) is 37.2 Å². The lowest BCUT2D eigenvalue weighted by Gasteiger charge is -2.31. The van der Waals surface area contributed by atoms with Gasteiger partial charge in [-0.25, -0.2) is 4.79 Å². The van der Waals surface area contributed by atoms with Crippen LogP contribution in [0.5, 0.6) is 5.75 Å². The number of aliphatic hydroxyl groups excluding tert-OH is 1. The summed E-state index contributed by atoms with van der Waals surface area (Å²) in [7, 11) is 0. The molecule has 1 aromatic carbocycles. The van der Waals surface area contributed by atoms with E-state index in [0.29, 0.717) is 24.8 Å². The van der Waals surface area contributed by atoms with E-state index in [4.69, 9.17) is 17.2 Å². The fraction of sp³-hybridized carbons (Fsp3) is 0.630. The Morgan fingerprint density at radius 3 is 1.79 bits per heavy atom. The molecule has 0 saturated carbocycles. The van der Waals surface area contributed by atoms with Crippen LogP contribution in [0.1, 0.15) is 98.5 Å². The van der Waals surface area contributed by atoms with Gasteiger partial charge in [0.15, 0.2) is 0 Å². The van der Waals surface area contributed by atoms with Gasteiger partial charge in [-0.1, -0.05) is 66.5 Å². The predicted octanol–water partition coefficient (Wildman–Crippen LogP) is -3.37. The Kier molecular flexibility index (Phi) is 24.9. The van der Waals surface area contributed by atoms with Crippen molar-refractivity contribution in [3.8, 4) is 5.75 Å². The minimum Gasteiger partial charge on any atom is -0.508 e. The number of likely N-dealkylation sites (tertiary alicyclic amines) is 1. The molecule has 2 rings (SSSR count).